The van der Waals surface area contributed by atoms with E-state index in [1.54, 1.807) is 0 Å². The lowest BCUT2D eigenvalue weighted by Gasteiger charge is -1.77. The zero-order chi connectivity index (χ0) is 4.12. The Balaban J connectivity index is 2.19. The summed E-state index contributed by atoms with van der Waals surface area (Å²) in [5.41, 5.74) is 0. The standard InChI is InChI=1S/C3H9OSi/c1-2-3-5-4/h4H,1-3,5H2. The third-order valence-corrected chi connectivity index (χ3v) is 1.22. The Morgan fingerprint density at radius 3 is 2.40 bits per heavy atom. The average molecular weight is 89.2 g/mol. The van der Waals surface area contributed by atoms with Gasteiger partial charge in [0.05, 0.1) is 0 Å². The summed E-state index contributed by atoms with van der Waals surface area (Å²) < 4.78 is 0. The summed E-state index contributed by atoms with van der Waals surface area (Å²) in [5.74, 6) is 0. The van der Waals surface area contributed by atoms with E-state index in [1.807, 2.05) is 0 Å². The van der Waals surface area contributed by atoms with Gasteiger partial charge in [0.2, 0.25) is 0 Å². The van der Waals surface area contributed by atoms with Crippen LogP contribution in [-0.2, 0) is 0 Å². The first-order valence-electron chi connectivity index (χ1n) is 1.82. The summed E-state index contributed by atoms with van der Waals surface area (Å²) in [6.07, 6.45) is 0.905. The van der Waals surface area contributed by atoms with Gasteiger partial charge in [0, 0.05) is 0 Å². The molecule has 0 aromatic rings. The van der Waals surface area contributed by atoms with Gasteiger partial charge in [-0.3, -0.25) is 0 Å². The first-order chi connectivity index (χ1) is 2.41. The van der Waals surface area contributed by atoms with Crippen LogP contribution in [0.2, 0.25) is 6.04 Å². The van der Waals surface area contributed by atoms with E-state index in [0.29, 0.717) is 0 Å². The summed E-state index contributed by atoms with van der Waals surface area (Å²) in [7, 11) is -0.649. The van der Waals surface area contributed by atoms with E-state index in [0.717, 1.165) is 12.5 Å². The maximum atomic E-state index is 8.17. The van der Waals surface area contributed by atoms with Crippen molar-refractivity contribution in [3.05, 3.63) is 6.92 Å². The van der Waals surface area contributed by atoms with Gasteiger partial charge in [-0.05, 0) is 6.04 Å². The van der Waals surface area contributed by atoms with Crippen molar-refractivity contribution >= 4 is 9.76 Å². The van der Waals surface area contributed by atoms with Gasteiger partial charge in [0.15, 0.2) is 9.76 Å². The van der Waals surface area contributed by atoms with Gasteiger partial charge in [-0.2, -0.15) is 0 Å². The Kier molecular flexibility index (Phi) is 4.32. The Labute approximate surface area is 35.0 Å². The number of hydrogen-bond acceptors (Lipinski definition) is 1. The second-order valence-electron chi connectivity index (χ2n) is 0.931. The van der Waals surface area contributed by atoms with Crippen molar-refractivity contribution in [1.82, 2.24) is 0 Å². The Morgan fingerprint density at radius 2 is 2.40 bits per heavy atom. The molecule has 31 valence electrons. The van der Waals surface area contributed by atoms with E-state index in [1.165, 1.54) is 0 Å². The van der Waals surface area contributed by atoms with Crippen LogP contribution in [0, 0.1) is 6.92 Å². The summed E-state index contributed by atoms with van der Waals surface area (Å²) in [4.78, 5) is 8.17. The summed E-state index contributed by atoms with van der Waals surface area (Å²) >= 11 is 0. The molecule has 1 N–H and O–H groups in total. The van der Waals surface area contributed by atoms with Crippen LogP contribution in [-0.4, -0.2) is 14.6 Å². The highest BCUT2D eigenvalue weighted by molar-refractivity contribution is 6.25. The molecule has 0 saturated heterocycles. The molecule has 5 heavy (non-hydrogen) atoms. The lowest BCUT2D eigenvalue weighted by molar-refractivity contribution is 0.600. The summed E-state index contributed by atoms with van der Waals surface area (Å²) in [5, 5.41) is 0. The van der Waals surface area contributed by atoms with Gasteiger partial charge in [0.1, 0.15) is 0 Å². The molecule has 1 nitrogen and oxygen atoms in total. The molecule has 0 unspecified atom stereocenters. The molecule has 0 aliphatic heterocycles. The first kappa shape index (κ1) is 5.18. The maximum Gasteiger partial charge on any atom is 0.156 e. The predicted molar refractivity (Wildman–Crippen MR) is 25.5 cm³/mol. The molecule has 0 heterocycles. The molecule has 0 saturated carbocycles. The van der Waals surface area contributed by atoms with Crippen LogP contribution in [0.3, 0.4) is 0 Å². The van der Waals surface area contributed by atoms with E-state index in [9.17, 15) is 0 Å². The highest BCUT2D eigenvalue weighted by Crippen LogP contribution is 1.78. The fraction of sp³-hybridized carbons (Fsp3) is 0.667. The largest absolute Gasteiger partial charge is 0.438 e. The van der Waals surface area contributed by atoms with Gasteiger partial charge in [-0.15, -0.1) is 0 Å². The van der Waals surface area contributed by atoms with Crippen molar-refractivity contribution in [2.24, 2.45) is 0 Å². The van der Waals surface area contributed by atoms with Crippen molar-refractivity contribution in [3.63, 3.8) is 0 Å². The fourth-order valence-electron chi connectivity index (χ4n) is 0.112. The van der Waals surface area contributed by atoms with Crippen LogP contribution in [0.4, 0.5) is 0 Å². The van der Waals surface area contributed by atoms with Crippen molar-refractivity contribution < 1.29 is 4.80 Å². The van der Waals surface area contributed by atoms with E-state index in [-0.39, 0.29) is 0 Å². The Bertz CT molecular complexity index is 14.4. The van der Waals surface area contributed by atoms with Crippen LogP contribution in [0.1, 0.15) is 6.42 Å². The Hall–Kier alpha value is 0.177. The number of hydrogen-bond donors (Lipinski definition) is 1. The second kappa shape index (κ2) is 4.18. The third-order valence-electron chi connectivity index (χ3n) is 0.408. The fourth-order valence-corrected chi connectivity index (χ4v) is 0.335. The molecular weight excluding hydrogens is 80.1 g/mol. The second-order valence-corrected chi connectivity index (χ2v) is 2.09. The molecule has 0 aromatic carbocycles. The molecule has 0 amide bonds. The van der Waals surface area contributed by atoms with Crippen molar-refractivity contribution in [2.45, 2.75) is 12.5 Å². The maximum absolute atomic E-state index is 8.17. The smallest absolute Gasteiger partial charge is 0.156 e. The zero-order valence-electron chi connectivity index (χ0n) is 3.28. The van der Waals surface area contributed by atoms with E-state index in [4.69, 9.17) is 4.80 Å². The molecule has 1 radical (unpaired) electrons. The summed E-state index contributed by atoms with van der Waals surface area (Å²) in [6.45, 7) is 3.55. The molecular formula is C3H9OSi. The molecule has 0 aromatic heterocycles. The highest BCUT2D eigenvalue weighted by Gasteiger charge is 1.71. The lowest BCUT2D eigenvalue weighted by Crippen LogP contribution is -1.80. The SMILES string of the molecule is [CH2]CC[SiH2]O. The predicted octanol–water partition coefficient (Wildman–Crippen LogP) is -0.295. The normalized spacial score (nSPS) is 10.8. The van der Waals surface area contributed by atoms with Crippen LogP contribution in [0.15, 0.2) is 0 Å². The van der Waals surface area contributed by atoms with Crippen LogP contribution in [0.25, 0.3) is 0 Å². The molecule has 0 bridgehead atoms. The minimum Gasteiger partial charge on any atom is -0.438 e. The van der Waals surface area contributed by atoms with E-state index >= 15 is 0 Å². The van der Waals surface area contributed by atoms with Gasteiger partial charge >= 0.3 is 0 Å². The van der Waals surface area contributed by atoms with Crippen molar-refractivity contribution in [3.8, 4) is 0 Å². The van der Waals surface area contributed by atoms with Gasteiger partial charge in [-0.25, -0.2) is 0 Å². The van der Waals surface area contributed by atoms with E-state index < -0.39 is 9.76 Å². The van der Waals surface area contributed by atoms with Crippen LogP contribution >= 0.6 is 0 Å². The molecule has 2 heteroatoms. The number of rotatable bonds is 2. The van der Waals surface area contributed by atoms with Crippen molar-refractivity contribution in [2.75, 3.05) is 0 Å². The highest BCUT2D eigenvalue weighted by atomic mass is 28.2. The minimum absolute atomic E-state index is 0.649. The molecule has 0 spiro atoms. The topological polar surface area (TPSA) is 20.2 Å². The van der Waals surface area contributed by atoms with Gasteiger partial charge in [0.25, 0.3) is 0 Å². The van der Waals surface area contributed by atoms with Crippen LogP contribution in [0.5, 0.6) is 0 Å². The Morgan fingerprint density at radius 1 is 1.80 bits per heavy atom. The zero-order valence-corrected chi connectivity index (χ0v) is 4.69. The molecule has 0 aliphatic rings. The van der Waals surface area contributed by atoms with Crippen LogP contribution < -0.4 is 0 Å². The monoisotopic (exact) mass is 89.0 g/mol. The van der Waals surface area contributed by atoms with Gasteiger partial charge in [-0.1, -0.05) is 13.3 Å². The summed E-state index contributed by atoms with van der Waals surface area (Å²) in [6, 6.07) is 0.972. The first-order valence-corrected chi connectivity index (χ1v) is 3.45. The molecule has 0 fully saturated rings. The van der Waals surface area contributed by atoms with E-state index in [2.05, 4.69) is 6.92 Å². The quantitative estimate of drug-likeness (QED) is 0.461. The molecule has 0 aliphatic carbocycles. The van der Waals surface area contributed by atoms with Crippen molar-refractivity contribution in [1.29, 1.82) is 0 Å². The molecule has 0 rings (SSSR count). The lowest BCUT2D eigenvalue weighted by atomic mass is 10.6. The average Bonchev–Trinajstić information content (AvgIpc) is 1.41. The van der Waals surface area contributed by atoms with Gasteiger partial charge < -0.3 is 4.80 Å². The third kappa shape index (κ3) is 4.18. The minimum atomic E-state index is -0.649. The molecule has 0 atom stereocenters.